The summed E-state index contributed by atoms with van der Waals surface area (Å²) in [6.07, 6.45) is 2.38. The summed E-state index contributed by atoms with van der Waals surface area (Å²) < 4.78 is 0. The highest BCUT2D eigenvalue weighted by molar-refractivity contribution is 5.95. The molecule has 1 amide bonds. The van der Waals surface area contributed by atoms with Crippen LogP contribution in [0.25, 0.3) is 6.08 Å². The minimum absolute atomic E-state index is 0. The molecule has 5 nitrogen and oxygen atoms in total. The van der Waals surface area contributed by atoms with Crippen LogP contribution in [0.4, 0.5) is 0 Å². The van der Waals surface area contributed by atoms with Gasteiger partial charge in [0.2, 0.25) is 5.91 Å². The van der Waals surface area contributed by atoms with Crippen molar-refractivity contribution in [1.82, 2.24) is 0 Å². The molecule has 19 heavy (non-hydrogen) atoms. The highest BCUT2D eigenvalue weighted by Crippen LogP contribution is 2.07. The van der Waals surface area contributed by atoms with Gasteiger partial charge in [0.15, 0.2) is 0 Å². The second kappa shape index (κ2) is 9.38. The Labute approximate surface area is 124 Å². The Balaban J connectivity index is 0. The first-order chi connectivity index (χ1) is 8.00. The summed E-state index contributed by atoms with van der Waals surface area (Å²) in [4.78, 5) is 10.6. The van der Waals surface area contributed by atoms with Gasteiger partial charge in [-0.2, -0.15) is 0 Å². The van der Waals surface area contributed by atoms with Crippen molar-refractivity contribution >= 4 is 42.6 Å². The minimum Gasteiger partial charge on any atom is -0.384 e. The lowest BCUT2D eigenvalue weighted by atomic mass is 10.1. The van der Waals surface area contributed by atoms with E-state index in [1.165, 1.54) is 0 Å². The number of carbonyl (C=O) groups is 1. The Hall–Kier alpha value is -1.56. The van der Waals surface area contributed by atoms with Crippen LogP contribution in [0.15, 0.2) is 30.3 Å². The van der Waals surface area contributed by atoms with E-state index in [4.69, 9.17) is 22.0 Å². The number of rotatable bonds is 5. The van der Waals surface area contributed by atoms with Crippen molar-refractivity contribution < 1.29 is 9.90 Å². The number of nitrogens with one attached hydrogen (secondary N) is 1. The van der Waals surface area contributed by atoms with Crippen LogP contribution in [0.1, 0.15) is 17.5 Å². The Bertz CT molecular complexity index is 464. The van der Waals surface area contributed by atoms with E-state index in [9.17, 15) is 4.79 Å². The van der Waals surface area contributed by atoms with Crippen molar-refractivity contribution in [1.29, 1.82) is 5.41 Å². The summed E-state index contributed by atoms with van der Waals surface area (Å²) >= 11 is 0. The maximum Gasteiger partial charge on any atom is 0.246 e. The number of amidine groups is 1. The molecule has 106 valence electrons. The quantitative estimate of drug-likeness (QED) is 0.482. The molecule has 1 unspecified atom stereocenters. The average Bonchev–Trinajstić information content (AvgIpc) is 2.29. The third kappa shape index (κ3) is 6.81. The van der Waals surface area contributed by atoms with E-state index in [1.54, 1.807) is 30.4 Å². The Kier molecular flexibility index (Phi) is 9.76. The number of primary amides is 1. The normalized spacial score (nSPS) is 11.2. The number of benzene rings is 1. The maximum absolute atomic E-state index is 10.6. The molecule has 0 heterocycles. The number of aliphatic hydroxyl groups excluding tert-OH is 1. The number of halogens is 2. The van der Waals surface area contributed by atoms with Gasteiger partial charge in [-0.15, -0.1) is 24.8 Å². The summed E-state index contributed by atoms with van der Waals surface area (Å²) in [5, 5.41) is 16.5. The van der Waals surface area contributed by atoms with Crippen LogP contribution in [0, 0.1) is 5.41 Å². The number of amides is 1. The minimum atomic E-state index is -1.16. The van der Waals surface area contributed by atoms with E-state index in [-0.39, 0.29) is 37.1 Å². The predicted molar refractivity (Wildman–Crippen MR) is 80.8 cm³/mol. The molecule has 0 bridgehead atoms. The Morgan fingerprint density at radius 3 is 2.53 bits per heavy atom. The molecule has 0 fully saturated rings. The molecule has 0 aliphatic rings. The molecule has 0 aromatic heterocycles. The largest absolute Gasteiger partial charge is 0.384 e. The SMILES string of the molecule is Cl.Cl.N=C(N)c1cccc(/C=C/CC(O)C(N)=O)c1. The molecule has 0 saturated heterocycles. The van der Waals surface area contributed by atoms with Crippen LogP contribution in [-0.4, -0.2) is 23.0 Å². The molecule has 1 aromatic carbocycles. The summed E-state index contributed by atoms with van der Waals surface area (Å²) in [5.74, 6) is -0.746. The molecule has 0 aliphatic heterocycles. The van der Waals surface area contributed by atoms with Gasteiger partial charge in [-0.3, -0.25) is 10.2 Å². The molecule has 0 aliphatic carbocycles. The van der Waals surface area contributed by atoms with Gasteiger partial charge < -0.3 is 16.6 Å². The first-order valence-electron chi connectivity index (χ1n) is 5.09. The fourth-order valence-electron chi connectivity index (χ4n) is 1.26. The predicted octanol–water partition coefficient (Wildman–Crippen LogP) is 1.06. The molecular weight excluding hydrogens is 289 g/mol. The molecule has 1 aromatic rings. The average molecular weight is 306 g/mol. The molecule has 0 spiro atoms. The second-order valence-corrected chi connectivity index (χ2v) is 3.60. The zero-order valence-electron chi connectivity index (χ0n) is 10.1. The van der Waals surface area contributed by atoms with E-state index in [1.807, 2.05) is 6.07 Å². The third-order valence-electron chi connectivity index (χ3n) is 2.20. The summed E-state index contributed by atoms with van der Waals surface area (Å²) in [7, 11) is 0. The first kappa shape index (κ1) is 19.8. The number of carbonyl (C=O) groups excluding carboxylic acids is 1. The van der Waals surface area contributed by atoms with E-state index < -0.39 is 12.0 Å². The fourth-order valence-corrected chi connectivity index (χ4v) is 1.26. The zero-order chi connectivity index (χ0) is 12.8. The zero-order valence-corrected chi connectivity index (χ0v) is 11.7. The van der Waals surface area contributed by atoms with Crippen LogP contribution >= 0.6 is 24.8 Å². The van der Waals surface area contributed by atoms with Gasteiger partial charge in [-0.25, -0.2) is 0 Å². The van der Waals surface area contributed by atoms with Crippen LogP contribution in [0.5, 0.6) is 0 Å². The van der Waals surface area contributed by atoms with Crippen LogP contribution in [-0.2, 0) is 4.79 Å². The summed E-state index contributed by atoms with van der Waals surface area (Å²) in [6.45, 7) is 0. The Morgan fingerprint density at radius 2 is 2.00 bits per heavy atom. The molecule has 1 atom stereocenters. The van der Waals surface area contributed by atoms with Crippen molar-refractivity contribution in [2.75, 3.05) is 0 Å². The van der Waals surface area contributed by atoms with Gasteiger partial charge in [0, 0.05) is 12.0 Å². The topological polar surface area (TPSA) is 113 Å². The van der Waals surface area contributed by atoms with Gasteiger partial charge >= 0.3 is 0 Å². The lowest BCUT2D eigenvalue weighted by molar-refractivity contribution is -0.125. The highest BCUT2D eigenvalue weighted by atomic mass is 35.5. The lowest BCUT2D eigenvalue weighted by Gasteiger charge is -2.02. The first-order valence-corrected chi connectivity index (χ1v) is 5.09. The van der Waals surface area contributed by atoms with Crippen molar-refractivity contribution in [3.05, 3.63) is 41.5 Å². The second-order valence-electron chi connectivity index (χ2n) is 3.60. The smallest absolute Gasteiger partial charge is 0.246 e. The number of aliphatic hydroxyl groups is 1. The fraction of sp³-hybridized carbons (Fsp3) is 0.167. The van der Waals surface area contributed by atoms with E-state index in [0.29, 0.717) is 5.56 Å². The molecule has 0 saturated carbocycles. The highest BCUT2D eigenvalue weighted by Gasteiger charge is 2.07. The van der Waals surface area contributed by atoms with Crippen molar-refractivity contribution in [3.8, 4) is 0 Å². The van der Waals surface area contributed by atoms with Gasteiger partial charge in [-0.05, 0) is 11.6 Å². The molecule has 1 rings (SSSR count). The third-order valence-corrected chi connectivity index (χ3v) is 2.20. The number of nitrogens with two attached hydrogens (primary N) is 2. The van der Waals surface area contributed by atoms with E-state index >= 15 is 0 Å². The monoisotopic (exact) mass is 305 g/mol. The van der Waals surface area contributed by atoms with Gasteiger partial charge in [0.05, 0.1) is 0 Å². The van der Waals surface area contributed by atoms with Gasteiger partial charge in [0.25, 0.3) is 0 Å². The molecular formula is C12H17Cl2N3O2. The molecule has 7 heteroatoms. The number of hydrogen-bond acceptors (Lipinski definition) is 3. The van der Waals surface area contributed by atoms with E-state index in [0.717, 1.165) is 5.56 Å². The van der Waals surface area contributed by atoms with Crippen LogP contribution < -0.4 is 11.5 Å². The molecule has 0 radical (unpaired) electrons. The van der Waals surface area contributed by atoms with E-state index in [2.05, 4.69) is 0 Å². The van der Waals surface area contributed by atoms with Gasteiger partial charge in [-0.1, -0.05) is 30.4 Å². The van der Waals surface area contributed by atoms with Crippen LogP contribution in [0.2, 0.25) is 0 Å². The van der Waals surface area contributed by atoms with Crippen molar-refractivity contribution in [3.63, 3.8) is 0 Å². The summed E-state index contributed by atoms with van der Waals surface area (Å²) in [6, 6.07) is 7.09. The van der Waals surface area contributed by atoms with Crippen molar-refractivity contribution in [2.45, 2.75) is 12.5 Å². The standard InChI is InChI=1S/C12H15N3O2.2ClH/c13-11(14)9-5-1-3-8(7-9)4-2-6-10(16)12(15)17;;/h1-5,7,10,16H,6H2,(H3,13,14)(H2,15,17);2*1H/b4-2+;;. The Morgan fingerprint density at radius 1 is 1.37 bits per heavy atom. The van der Waals surface area contributed by atoms with Crippen molar-refractivity contribution in [2.24, 2.45) is 11.5 Å². The maximum atomic E-state index is 10.6. The molecule has 6 N–H and O–H groups in total. The van der Waals surface area contributed by atoms with Gasteiger partial charge in [0.1, 0.15) is 11.9 Å². The van der Waals surface area contributed by atoms with Crippen LogP contribution in [0.3, 0.4) is 0 Å². The number of hydrogen-bond donors (Lipinski definition) is 4. The number of nitrogen functional groups attached to an aromatic ring is 1. The lowest BCUT2D eigenvalue weighted by Crippen LogP contribution is -2.27. The summed E-state index contributed by atoms with van der Waals surface area (Å²) in [5.41, 5.74) is 11.7.